The van der Waals surface area contributed by atoms with E-state index in [0.29, 0.717) is 18.2 Å². The normalized spacial score (nSPS) is 16.7. The van der Waals surface area contributed by atoms with Crippen LogP contribution in [-0.2, 0) is 15.1 Å². The van der Waals surface area contributed by atoms with Crippen molar-refractivity contribution in [2.75, 3.05) is 0 Å². The minimum atomic E-state index is -4.75. The summed E-state index contributed by atoms with van der Waals surface area (Å²) in [6.45, 7) is 1.40. The molecule has 3 aromatic rings. The smallest absolute Gasteiger partial charge is 0.454 e. The standard InChI is InChI=1S/C23H21F3O3/c1-15(27)28-22(11-5-2-6-12-22)21-19-8-4-3-7-16(19)13-17-14-18(9-10-20(17)21)29-23(24,25)26/h3-4,7-10,13-14H,2,5-6,11-12H2,1H3. The fourth-order valence-electron chi connectivity index (χ4n) is 4.54. The third-order valence-electron chi connectivity index (χ3n) is 5.52. The van der Waals surface area contributed by atoms with Crippen molar-refractivity contribution in [2.24, 2.45) is 0 Å². The molecule has 0 unspecified atom stereocenters. The van der Waals surface area contributed by atoms with Gasteiger partial charge in [-0.25, -0.2) is 0 Å². The van der Waals surface area contributed by atoms with E-state index in [4.69, 9.17) is 4.74 Å². The van der Waals surface area contributed by atoms with Gasteiger partial charge in [0.05, 0.1) is 0 Å². The Balaban J connectivity index is 2.00. The van der Waals surface area contributed by atoms with Crippen molar-refractivity contribution in [1.29, 1.82) is 0 Å². The molecule has 0 N–H and O–H groups in total. The number of ether oxygens (including phenoxy) is 2. The monoisotopic (exact) mass is 402 g/mol. The van der Waals surface area contributed by atoms with Gasteiger partial charge in [-0.1, -0.05) is 36.8 Å². The van der Waals surface area contributed by atoms with E-state index in [2.05, 4.69) is 4.74 Å². The average Bonchev–Trinajstić information content (AvgIpc) is 2.64. The Kier molecular flexibility index (Phi) is 4.89. The summed E-state index contributed by atoms with van der Waals surface area (Å²) < 4.78 is 48.1. The van der Waals surface area contributed by atoms with Crippen LogP contribution in [0.15, 0.2) is 48.5 Å². The number of esters is 1. The molecule has 1 saturated carbocycles. The van der Waals surface area contributed by atoms with Crippen LogP contribution in [0.1, 0.15) is 44.6 Å². The second kappa shape index (κ2) is 7.25. The highest BCUT2D eigenvalue weighted by atomic mass is 19.4. The van der Waals surface area contributed by atoms with Crippen molar-refractivity contribution in [3.8, 4) is 5.75 Å². The summed E-state index contributed by atoms with van der Waals surface area (Å²) in [5, 5.41) is 3.24. The van der Waals surface area contributed by atoms with Gasteiger partial charge in [0.25, 0.3) is 0 Å². The number of halogens is 3. The summed E-state index contributed by atoms with van der Waals surface area (Å²) in [6, 6.07) is 13.9. The Morgan fingerprint density at radius 2 is 1.62 bits per heavy atom. The zero-order valence-corrected chi connectivity index (χ0v) is 16.0. The van der Waals surface area contributed by atoms with E-state index in [1.165, 1.54) is 19.1 Å². The van der Waals surface area contributed by atoms with Crippen molar-refractivity contribution in [3.05, 3.63) is 54.1 Å². The maximum absolute atomic E-state index is 12.7. The van der Waals surface area contributed by atoms with Crippen LogP contribution in [0.25, 0.3) is 21.5 Å². The lowest BCUT2D eigenvalue weighted by atomic mass is 9.75. The molecule has 0 radical (unpaired) electrons. The number of hydrogen-bond donors (Lipinski definition) is 0. The molecule has 3 nitrogen and oxygen atoms in total. The molecule has 6 heteroatoms. The zero-order chi connectivity index (χ0) is 20.6. The average molecular weight is 402 g/mol. The number of carbonyl (C=O) groups is 1. The summed E-state index contributed by atoms with van der Waals surface area (Å²) in [5.74, 6) is -0.624. The SMILES string of the molecule is CC(=O)OC1(c2c3ccccc3cc3cc(OC(F)(F)F)ccc23)CCCCC1. The third-order valence-corrected chi connectivity index (χ3v) is 5.52. The molecule has 0 saturated heterocycles. The molecule has 4 rings (SSSR count). The van der Waals surface area contributed by atoms with Gasteiger partial charge in [-0.05, 0) is 65.4 Å². The molecule has 0 atom stereocenters. The van der Waals surface area contributed by atoms with Crippen molar-refractivity contribution in [3.63, 3.8) is 0 Å². The largest absolute Gasteiger partial charge is 0.573 e. The van der Waals surface area contributed by atoms with Crippen molar-refractivity contribution < 1.29 is 27.4 Å². The Morgan fingerprint density at radius 3 is 2.31 bits per heavy atom. The summed E-state index contributed by atoms with van der Waals surface area (Å²) >= 11 is 0. The highest BCUT2D eigenvalue weighted by molar-refractivity contribution is 6.03. The molecule has 0 bridgehead atoms. The molecule has 0 heterocycles. The van der Waals surface area contributed by atoms with Gasteiger partial charge in [0.1, 0.15) is 11.4 Å². The van der Waals surface area contributed by atoms with E-state index in [9.17, 15) is 18.0 Å². The topological polar surface area (TPSA) is 35.5 Å². The number of hydrogen-bond acceptors (Lipinski definition) is 3. The molecule has 152 valence electrons. The second-order valence-corrected chi connectivity index (χ2v) is 7.55. The van der Waals surface area contributed by atoms with Gasteiger partial charge in [0, 0.05) is 12.5 Å². The highest BCUT2D eigenvalue weighted by Gasteiger charge is 2.40. The fourth-order valence-corrected chi connectivity index (χ4v) is 4.54. The van der Waals surface area contributed by atoms with Crippen LogP contribution in [0.5, 0.6) is 5.75 Å². The maximum atomic E-state index is 12.7. The Labute approximate surface area is 166 Å². The second-order valence-electron chi connectivity index (χ2n) is 7.55. The summed E-state index contributed by atoms with van der Waals surface area (Å²) in [5.41, 5.74) is 0.0920. The number of alkyl halides is 3. The van der Waals surface area contributed by atoms with Crippen molar-refractivity contribution in [1.82, 2.24) is 0 Å². The van der Waals surface area contributed by atoms with Crippen LogP contribution < -0.4 is 4.74 Å². The van der Waals surface area contributed by atoms with E-state index < -0.39 is 12.0 Å². The lowest BCUT2D eigenvalue weighted by Gasteiger charge is -2.38. The summed E-state index contributed by atoms with van der Waals surface area (Å²) in [6.07, 6.45) is -0.460. The number of rotatable bonds is 3. The minimum absolute atomic E-state index is 0.267. The van der Waals surface area contributed by atoms with Gasteiger partial charge in [-0.2, -0.15) is 0 Å². The first-order valence-electron chi connectivity index (χ1n) is 9.69. The van der Waals surface area contributed by atoms with Crippen molar-refractivity contribution in [2.45, 2.75) is 51.0 Å². The number of carbonyl (C=O) groups excluding carboxylic acids is 1. The van der Waals surface area contributed by atoms with Gasteiger partial charge in [-0.15, -0.1) is 13.2 Å². The van der Waals surface area contributed by atoms with Crippen LogP contribution >= 0.6 is 0 Å². The van der Waals surface area contributed by atoms with Gasteiger partial charge in [-0.3, -0.25) is 4.79 Å². The van der Waals surface area contributed by atoms with Gasteiger partial charge in [0.15, 0.2) is 0 Å². The molecule has 3 aromatic carbocycles. The molecule has 0 spiro atoms. The lowest BCUT2D eigenvalue weighted by molar-refractivity contribution is -0.274. The maximum Gasteiger partial charge on any atom is 0.573 e. The van der Waals surface area contributed by atoms with Crippen LogP contribution in [0.2, 0.25) is 0 Å². The number of benzene rings is 3. The molecule has 1 aliphatic carbocycles. The summed E-state index contributed by atoms with van der Waals surface area (Å²) in [7, 11) is 0. The van der Waals surface area contributed by atoms with E-state index in [-0.39, 0.29) is 11.7 Å². The predicted octanol–water partition coefficient (Wildman–Crippen LogP) is 6.61. The van der Waals surface area contributed by atoms with Gasteiger partial charge >= 0.3 is 12.3 Å². The summed E-state index contributed by atoms with van der Waals surface area (Å²) in [4.78, 5) is 12.0. The fraction of sp³-hybridized carbons (Fsp3) is 0.348. The Hall–Kier alpha value is -2.76. The highest BCUT2D eigenvalue weighted by Crippen LogP contribution is 2.47. The molecular weight excluding hydrogens is 381 g/mol. The molecule has 0 aliphatic heterocycles. The molecule has 1 aliphatic rings. The molecule has 0 amide bonds. The zero-order valence-electron chi connectivity index (χ0n) is 16.0. The third kappa shape index (κ3) is 3.88. The quantitative estimate of drug-likeness (QED) is 0.365. The van der Waals surface area contributed by atoms with E-state index in [0.717, 1.165) is 41.0 Å². The van der Waals surface area contributed by atoms with E-state index in [1.807, 2.05) is 30.3 Å². The predicted molar refractivity (Wildman–Crippen MR) is 105 cm³/mol. The molecule has 1 fully saturated rings. The Morgan fingerprint density at radius 1 is 0.931 bits per heavy atom. The van der Waals surface area contributed by atoms with Crippen LogP contribution in [0, 0.1) is 0 Å². The van der Waals surface area contributed by atoms with E-state index in [1.54, 1.807) is 6.07 Å². The lowest BCUT2D eigenvalue weighted by Crippen LogP contribution is -2.34. The van der Waals surface area contributed by atoms with Crippen LogP contribution in [0.3, 0.4) is 0 Å². The molecule has 29 heavy (non-hydrogen) atoms. The van der Waals surface area contributed by atoms with Crippen LogP contribution in [0.4, 0.5) is 13.2 Å². The van der Waals surface area contributed by atoms with Crippen molar-refractivity contribution >= 4 is 27.5 Å². The minimum Gasteiger partial charge on any atom is -0.454 e. The van der Waals surface area contributed by atoms with E-state index >= 15 is 0 Å². The van der Waals surface area contributed by atoms with Gasteiger partial charge in [0.2, 0.25) is 0 Å². The first-order chi connectivity index (χ1) is 13.8. The first-order valence-corrected chi connectivity index (χ1v) is 9.69. The Bertz CT molecular complexity index is 1070. The molecule has 0 aromatic heterocycles. The number of fused-ring (bicyclic) bond motifs is 2. The first kappa shape index (κ1) is 19.6. The van der Waals surface area contributed by atoms with Gasteiger partial charge < -0.3 is 9.47 Å². The van der Waals surface area contributed by atoms with Crippen LogP contribution in [-0.4, -0.2) is 12.3 Å². The molecular formula is C23H21F3O3.